The summed E-state index contributed by atoms with van der Waals surface area (Å²) in [5.41, 5.74) is 3.49. The highest BCUT2D eigenvalue weighted by Crippen LogP contribution is 2.25. The van der Waals surface area contributed by atoms with Crippen molar-refractivity contribution in [2.75, 3.05) is 7.11 Å². The number of methoxy groups -OCH3 is 1. The zero-order valence-corrected chi connectivity index (χ0v) is 11.2. The zero-order valence-electron chi connectivity index (χ0n) is 11.2. The van der Waals surface area contributed by atoms with Crippen LogP contribution in [0, 0.1) is 0 Å². The van der Waals surface area contributed by atoms with Crippen molar-refractivity contribution in [2.45, 2.75) is 26.4 Å². The van der Waals surface area contributed by atoms with Gasteiger partial charge in [-0.1, -0.05) is 13.8 Å². The number of rotatable bonds is 5. The maximum Gasteiger partial charge on any atom is 0.123 e. The van der Waals surface area contributed by atoms with E-state index in [4.69, 9.17) is 4.74 Å². The third kappa shape index (κ3) is 2.93. The maximum atomic E-state index is 5.40. The van der Waals surface area contributed by atoms with Crippen molar-refractivity contribution in [3.8, 4) is 17.0 Å². The number of nitrogens with one attached hydrogen (secondary N) is 2. The molecule has 1 heterocycles. The first kappa shape index (κ1) is 12.7. The van der Waals surface area contributed by atoms with Gasteiger partial charge in [0.15, 0.2) is 0 Å². The molecule has 3 nitrogen and oxygen atoms in total. The number of aromatic nitrogens is 1. The lowest BCUT2D eigenvalue weighted by Crippen LogP contribution is -2.22. The molecule has 18 heavy (non-hydrogen) atoms. The molecule has 0 saturated carbocycles. The van der Waals surface area contributed by atoms with Crippen LogP contribution in [-0.2, 0) is 6.54 Å². The monoisotopic (exact) mass is 244 g/mol. The summed E-state index contributed by atoms with van der Waals surface area (Å²) in [6.07, 6.45) is 1.94. The van der Waals surface area contributed by atoms with E-state index in [1.807, 2.05) is 18.3 Å². The third-order valence-electron chi connectivity index (χ3n) is 2.89. The van der Waals surface area contributed by atoms with Crippen LogP contribution in [0.15, 0.2) is 36.5 Å². The van der Waals surface area contributed by atoms with Crippen molar-refractivity contribution in [1.29, 1.82) is 0 Å². The van der Waals surface area contributed by atoms with Crippen LogP contribution >= 0.6 is 0 Å². The Bertz CT molecular complexity index is 489. The summed E-state index contributed by atoms with van der Waals surface area (Å²) < 4.78 is 5.40. The Morgan fingerprint density at radius 2 is 2.11 bits per heavy atom. The molecular formula is C15H20N2O. The molecule has 0 radical (unpaired) electrons. The molecule has 3 heteroatoms. The second kappa shape index (κ2) is 5.74. The molecule has 1 aromatic carbocycles. The molecule has 0 bridgehead atoms. The highest BCUT2D eigenvalue weighted by Gasteiger charge is 2.06. The fourth-order valence-electron chi connectivity index (χ4n) is 1.91. The summed E-state index contributed by atoms with van der Waals surface area (Å²) in [6.45, 7) is 5.10. The predicted octanol–water partition coefficient (Wildman–Crippen LogP) is 3.19. The summed E-state index contributed by atoms with van der Waals surface area (Å²) in [6, 6.07) is 10.8. The quantitative estimate of drug-likeness (QED) is 0.847. The summed E-state index contributed by atoms with van der Waals surface area (Å²) in [7, 11) is 1.71. The van der Waals surface area contributed by atoms with Crippen molar-refractivity contribution in [1.82, 2.24) is 10.3 Å². The molecule has 0 fully saturated rings. The number of hydrogen-bond acceptors (Lipinski definition) is 2. The van der Waals surface area contributed by atoms with Crippen LogP contribution in [-0.4, -0.2) is 18.1 Å². The lowest BCUT2D eigenvalue weighted by molar-refractivity contribution is 0.406. The molecule has 2 N–H and O–H groups in total. The van der Waals surface area contributed by atoms with Gasteiger partial charge in [-0.3, -0.25) is 0 Å². The van der Waals surface area contributed by atoms with E-state index in [9.17, 15) is 0 Å². The Morgan fingerprint density at radius 1 is 1.28 bits per heavy atom. The smallest absolute Gasteiger partial charge is 0.123 e. The molecule has 96 valence electrons. The summed E-state index contributed by atoms with van der Waals surface area (Å²) >= 11 is 0. The Kier molecular flexibility index (Phi) is 4.05. The number of H-pyrrole nitrogens is 1. The first-order chi connectivity index (χ1) is 8.70. The van der Waals surface area contributed by atoms with Gasteiger partial charge in [0.2, 0.25) is 0 Å². The molecule has 0 atom stereocenters. The maximum absolute atomic E-state index is 5.40. The highest BCUT2D eigenvalue weighted by molar-refractivity contribution is 5.62. The zero-order chi connectivity index (χ0) is 13.0. The van der Waals surface area contributed by atoms with Crippen molar-refractivity contribution in [3.63, 3.8) is 0 Å². The van der Waals surface area contributed by atoms with E-state index in [1.54, 1.807) is 7.11 Å². The molecule has 0 saturated heterocycles. The molecule has 2 rings (SSSR count). The van der Waals surface area contributed by atoms with Crippen LogP contribution in [0.4, 0.5) is 0 Å². The van der Waals surface area contributed by atoms with Crippen LogP contribution < -0.4 is 10.1 Å². The second-order valence-electron chi connectivity index (χ2n) is 4.65. The number of ether oxygens (including phenoxy) is 1. The van der Waals surface area contributed by atoms with E-state index in [1.165, 1.54) is 11.1 Å². The van der Waals surface area contributed by atoms with Gasteiger partial charge in [-0.05, 0) is 35.9 Å². The topological polar surface area (TPSA) is 37.0 Å². The number of aromatic amines is 1. The van der Waals surface area contributed by atoms with Gasteiger partial charge in [0, 0.05) is 30.0 Å². The number of benzene rings is 1. The molecule has 1 aromatic heterocycles. The third-order valence-corrected chi connectivity index (χ3v) is 2.89. The van der Waals surface area contributed by atoms with Gasteiger partial charge >= 0.3 is 0 Å². The SMILES string of the molecule is COc1ccc(-c2ccc[nH]2)cc1CNC(C)C. The minimum atomic E-state index is 0.462. The Hall–Kier alpha value is -1.74. The van der Waals surface area contributed by atoms with E-state index in [0.29, 0.717) is 6.04 Å². The Labute approximate surface area is 108 Å². The summed E-state index contributed by atoms with van der Waals surface area (Å²) in [5.74, 6) is 0.929. The normalized spacial score (nSPS) is 10.9. The van der Waals surface area contributed by atoms with Crippen molar-refractivity contribution in [3.05, 3.63) is 42.1 Å². The minimum Gasteiger partial charge on any atom is -0.496 e. The molecule has 0 aliphatic carbocycles. The van der Waals surface area contributed by atoms with Crippen molar-refractivity contribution < 1.29 is 4.74 Å². The molecule has 0 spiro atoms. The van der Waals surface area contributed by atoms with Gasteiger partial charge in [0.25, 0.3) is 0 Å². The second-order valence-corrected chi connectivity index (χ2v) is 4.65. The van der Waals surface area contributed by atoms with E-state index in [0.717, 1.165) is 18.0 Å². The molecule has 0 unspecified atom stereocenters. The van der Waals surface area contributed by atoms with E-state index in [-0.39, 0.29) is 0 Å². The minimum absolute atomic E-state index is 0.462. The van der Waals surface area contributed by atoms with Gasteiger partial charge < -0.3 is 15.0 Å². The van der Waals surface area contributed by atoms with Crippen LogP contribution in [0.3, 0.4) is 0 Å². The fraction of sp³-hybridized carbons (Fsp3) is 0.333. The van der Waals surface area contributed by atoms with Gasteiger partial charge in [-0.2, -0.15) is 0 Å². The van der Waals surface area contributed by atoms with E-state index < -0.39 is 0 Å². The van der Waals surface area contributed by atoms with Crippen LogP contribution in [0.2, 0.25) is 0 Å². The van der Waals surface area contributed by atoms with Crippen molar-refractivity contribution in [2.24, 2.45) is 0 Å². The van der Waals surface area contributed by atoms with Crippen molar-refractivity contribution >= 4 is 0 Å². The van der Waals surface area contributed by atoms with Crippen LogP contribution in [0.1, 0.15) is 19.4 Å². The molecule has 0 amide bonds. The summed E-state index contributed by atoms with van der Waals surface area (Å²) in [4.78, 5) is 3.22. The largest absolute Gasteiger partial charge is 0.496 e. The van der Waals surface area contributed by atoms with Crippen LogP contribution in [0.25, 0.3) is 11.3 Å². The first-order valence-corrected chi connectivity index (χ1v) is 6.24. The molecule has 0 aliphatic rings. The van der Waals surface area contributed by atoms with Gasteiger partial charge in [0.1, 0.15) is 5.75 Å². The first-order valence-electron chi connectivity index (χ1n) is 6.24. The number of hydrogen-bond donors (Lipinski definition) is 2. The standard InChI is InChI=1S/C15H20N2O/c1-11(2)17-10-13-9-12(6-7-15(13)18-3)14-5-4-8-16-14/h4-9,11,16-17H,10H2,1-3H3. The fourth-order valence-corrected chi connectivity index (χ4v) is 1.91. The Morgan fingerprint density at radius 3 is 2.72 bits per heavy atom. The molecule has 0 aliphatic heterocycles. The summed E-state index contributed by atoms with van der Waals surface area (Å²) in [5, 5.41) is 3.42. The van der Waals surface area contributed by atoms with E-state index >= 15 is 0 Å². The lowest BCUT2D eigenvalue weighted by atomic mass is 10.1. The molecular weight excluding hydrogens is 224 g/mol. The molecule has 2 aromatic rings. The van der Waals surface area contributed by atoms with Gasteiger partial charge in [-0.25, -0.2) is 0 Å². The lowest BCUT2D eigenvalue weighted by Gasteiger charge is -2.13. The average Bonchev–Trinajstić information content (AvgIpc) is 2.89. The van der Waals surface area contributed by atoms with E-state index in [2.05, 4.69) is 42.3 Å². The van der Waals surface area contributed by atoms with Gasteiger partial charge in [0.05, 0.1) is 7.11 Å². The average molecular weight is 244 g/mol. The van der Waals surface area contributed by atoms with Gasteiger partial charge in [-0.15, -0.1) is 0 Å². The predicted molar refractivity (Wildman–Crippen MR) is 74.8 cm³/mol. The highest BCUT2D eigenvalue weighted by atomic mass is 16.5. The Balaban J connectivity index is 2.27. The van der Waals surface area contributed by atoms with Crippen LogP contribution in [0.5, 0.6) is 5.75 Å².